The first-order valence-electron chi connectivity index (χ1n) is 4.58. The highest BCUT2D eigenvalue weighted by molar-refractivity contribution is 7.85. The van der Waals surface area contributed by atoms with Crippen LogP contribution in [0.2, 0.25) is 0 Å². The van der Waals surface area contributed by atoms with Crippen molar-refractivity contribution < 1.29 is 32.4 Å². The number of aliphatic carboxylic acids is 1. The van der Waals surface area contributed by atoms with Gasteiger partial charge in [0.25, 0.3) is 10.1 Å². The van der Waals surface area contributed by atoms with Gasteiger partial charge in [0, 0.05) is 0 Å². The molecule has 0 fully saturated rings. The molecule has 1 amide bonds. The maximum Gasteiger partial charge on any atom is 0.408 e. The van der Waals surface area contributed by atoms with Crippen LogP contribution in [0.1, 0.15) is 20.8 Å². The van der Waals surface area contributed by atoms with E-state index in [4.69, 9.17) is 14.4 Å². The van der Waals surface area contributed by atoms with E-state index in [0.717, 1.165) is 0 Å². The van der Waals surface area contributed by atoms with Gasteiger partial charge in [-0.2, -0.15) is 8.42 Å². The maximum atomic E-state index is 11.2. The molecule has 1 atom stereocenters. The number of carbonyl (C=O) groups excluding carboxylic acids is 1. The van der Waals surface area contributed by atoms with Crippen molar-refractivity contribution in [2.45, 2.75) is 32.4 Å². The van der Waals surface area contributed by atoms with Gasteiger partial charge in [0.2, 0.25) is 0 Å². The Balaban J connectivity index is 4.58. The Bertz CT molecular complexity index is 395. The van der Waals surface area contributed by atoms with Crippen LogP contribution in [-0.4, -0.2) is 47.5 Å². The van der Waals surface area contributed by atoms with Crippen molar-refractivity contribution in [3.63, 3.8) is 0 Å². The summed E-state index contributed by atoms with van der Waals surface area (Å²) in [6, 6.07) is -1.76. The Hall–Kier alpha value is -1.35. The summed E-state index contributed by atoms with van der Waals surface area (Å²) in [7, 11) is -4.51. The molecule has 0 rings (SSSR count). The van der Waals surface area contributed by atoms with Gasteiger partial charge in [0.15, 0.2) is 0 Å². The monoisotopic (exact) mass is 269 g/mol. The van der Waals surface area contributed by atoms with Crippen molar-refractivity contribution in [2.24, 2.45) is 0 Å². The first-order chi connectivity index (χ1) is 7.41. The molecule has 0 spiro atoms. The number of ether oxygens (including phenoxy) is 1. The van der Waals surface area contributed by atoms with E-state index >= 15 is 0 Å². The van der Waals surface area contributed by atoms with E-state index < -0.39 is 39.6 Å². The van der Waals surface area contributed by atoms with Crippen LogP contribution < -0.4 is 5.32 Å². The molecule has 0 saturated heterocycles. The average molecular weight is 269 g/mol. The van der Waals surface area contributed by atoms with Gasteiger partial charge in [0.05, 0.1) is 0 Å². The van der Waals surface area contributed by atoms with Gasteiger partial charge in [0.1, 0.15) is 17.4 Å². The topological polar surface area (TPSA) is 130 Å². The summed E-state index contributed by atoms with van der Waals surface area (Å²) in [4.78, 5) is 21.8. The van der Waals surface area contributed by atoms with Crippen molar-refractivity contribution in [3.05, 3.63) is 0 Å². The normalized spacial score (nSPS) is 13.9. The minimum absolute atomic E-state index is 0.842. The molecule has 0 aromatic rings. The van der Waals surface area contributed by atoms with Crippen molar-refractivity contribution in [2.75, 3.05) is 5.75 Å². The second kappa shape index (κ2) is 5.32. The predicted molar refractivity (Wildman–Crippen MR) is 57.2 cm³/mol. The summed E-state index contributed by atoms with van der Waals surface area (Å²) in [5, 5.41) is 10.5. The highest BCUT2D eigenvalue weighted by Gasteiger charge is 2.27. The van der Waals surface area contributed by atoms with E-state index in [1.165, 1.54) is 0 Å². The lowest BCUT2D eigenvalue weighted by molar-refractivity contribution is -0.138. The Labute approximate surface area is 98.7 Å². The van der Waals surface area contributed by atoms with E-state index in [9.17, 15) is 18.0 Å². The minimum atomic E-state index is -4.51. The number of rotatable bonds is 4. The third-order valence-electron chi connectivity index (χ3n) is 1.37. The molecule has 100 valence electrons. The molecule has 1 unspecified atom stereocenters. The Morgan fingerprint density at radius 2 is 1.82 bits per heavy atom. The van der Waals surface area contributed by atoms with Gasteiger partial charge in [-0.15, -0.1) is 0 Å². The number of hydrogen-bond donors (Lipinski definition) is 3. The molecular weight excluding hydrogens is 254 g/mol. The molecule has 0 radical (unpaired) electrons. The van der Waals surface area contributed by atoms with Gasteiger partial charge >= 0.3 is 12.1 Å². The average Bonchev–Trinajstić information content (AvgIpc) is 1.95. The van der Waals surface area contributed by atoms with Crippen LogP contribution in [0, 0.1) is 0 Å². The SMILES string of the molecule is CC(C)(C)OC(=O)NC(CS(=O)(=O)O)C(=O)O. The number of hydrogen-bond acceptors (Lipinski definition) is 5. The number of amides is 1. The molecular formula is C8H15NO7S. The quantitative estimate of drug-likeness (QED) is 0.605. The number of alkyl carbamates (subject to hydrolysis) is 1. The molecule has 8 nitrogen and oxygen atoms in total. The zero-order valence-electron chi connectivity index (χ0n) is 9.63. The third kappa shape index (κ3) is 8.46. The second-order valence-corrected chi connectivity index (χ2v) is 5.78. The lowest BCUT2D eigenvalue weighted by Gasteiger charge is -2.21. The molecule has 0 aromatic carbocycles. The molecule has 0 bridgehead atoms. The summed E-state index contributed by atoms with van der Waals surface area (Å²) in [6.45, 7) is 4.68. The largest absolute Gasteiger partial charge is 0.480 e. The molecule has 0 saturated carbocycles. The molecule has 0 aromatic heterocycles. The van der Waals surface area contributed by atoms with Gasteiger partial charge in [-0.3, -0.25) is 4.55 Å². The Morgan fingerprint density at radius 1 is 1.35 bits per heavy atom. The highest BCUT2D eigenvalue weighted by Crippen LogP contribution is 2.07. The van der Waals surface area contributed by atoms with E-state index in [-0.39, 0.29) is 0 Å². The fourth-order valence-electron chi connectivity index (χ4n) is 0.835. The fourth-order valence-corrected chi connectivity index (χ4v) is 1.48. The van der Waals surface area contributed by atoms with Crippen LogP contribution in [0.4, 0.5) is 4.79 Å². The summed E-state index contributed by atoms with van der Waals surface area (Å²) in [5.41, 5.74) is -0.842. The van der Waals surface area contributed by atoms with Crippen LogP contribution in [0.15, 0.2) is 0 Å². The van der Waals surface area contributed by atoms with Gasteiger partial charge in [-0.25, -0.2) is 9.59 Å². The van der Waals surface area contributed by atoms with Crippen LogP contribution in [0.25, 0.3) is 0 Å². The van der Waals surface area contributed by atoms with Crippen LogP contribution in [0.3, 0.4) is 0 Å². The molecule has 9 heteroatoms. The number of carbonyl (C=O) groups is 2. The second-order valence-electron chi connectivity index (χ2n) is 4.29. The lowest BCUT2D eigenvalue weighted by atomic mass is 10.2. The highest BCUT2D eigenvalue weighted by atomic mass is 32.2. The number of carboxylic acids is 1. The van der Waals surface area contributed by atoms with Gasteiger partial charge in [-0.1, -0.05) is 0 Å². The third-order valence-corrected chi connectivity index (χ3v) is 2.12. The minimum Gasteiger partial charge on any atom is -0.480 e. The standard InChI is InChI=1S/C8H15NO7S/c1-8(2,3)16-7(12)9-5(6(10)11)4-17(13,14)15/h5H,4H2,1-3H3,(H,9,12)(H,10,11)(H,13,14,15). The summed E-state index contributed by atoms with van der Waals surface area (Å²) < 4.78 is 34.3. The van der Waals surface area contributed by atoms with E-state index in [2.05, 4.69) is 0 Å². The van der Waals surface area contributed by atoms with E-state index in [0.29, 0.717) is 0 Å². The smallest absolute Gasteiger partial charge is 0.408 e. The Morgan fingerprint density at radius 3 is 2.12 bits per heavy atom. The van der Waals surface area contributed by atoms with Gasteiger partial charge in [-0.05, 0) is 20.8 Å². The zero-order valence-corrected chi connectivity index (χ0v) is 10.4. The number of nitrogens with one attached hydrogen (secondary N) is 1. The summed E-state index contributed by atoms with van der Waals surface area (Å²) in [5.74, 6) is -2.71. The fraction of sp³-hybridized carbons (Fsp3) is 0.750. The van der Waals surface area contributed by atoms with Crippen molar-refractivity contribution in [1.82, 2.24) is 5.32 Å². The molecule has 0 aliphatic carbocycles. The molecule has 3 N–H and O–H groups in total. The molecule has 0 aliphatic heterocycles. The zero-order chi connectivity index (χ0) is 13.9. The predicted octanol–water partition coefficient (Wildman–Crippen LogP) is -0.148. The lowest BCUT2D eigenvalue weighted by Crippen LogP contribution is -2.47. The van der Waals surface area contributed by atoms with Gasteiger partial charge < -0.3 is 15.2 Å². The summed E-state index contributed by atoms with van der Waals surface area (Å²) in [6.07, 6.45) is -1.08. The van der Waals surface area contributed by atoms with Crippen molar-refractivity contribution in [1.29, 1.82) is 0 Å². The molecule has 0 heterocycles. The molecule has 17 heavy (non-hydrogen) atoms. The van der Waals surface area contributed by atoms with E-state index in [1.807, 2.05) is 5.32 Å². The van der Waals surface area contributed by atoms with E-state index in [1.54, 1.807) is 20.8 Å². The first kappa shape index (κ1) is 15.7. The van der Waals surface area contributed by atoms with Crippen molar-refractivity contribution in [3.8, 4) is 0 Å². The Kier molecular flexibility index (Phi) is 4.90. The first-order valence-corrected chi connectivity index (χ1v) is 6.19. The van der Waals surface area contributed by atoms with Crippen LogP contribution >= 0.6 is 0 Å². The maximum absolute atomic E-state index is 11.2. The van der Waals surface area contributed by atoms with Crippen molar-refractivity contribution >= 4 is 22.2 Å². The molecule has 0 aliphatic rings. The van der Waals surface area contributed by atoms with Crippen LogP contribution in [0.5, 0.6) is 0 Å². The number of carboxylic acid groups (broad SMARTS) is 1. The van der Waals surface area contributed by atoms with Crippen LogP contribution in [-0.2, 0) is 19.6 Å². The summed E-state index contributed by atoms with van der Waals surface area (Å²) >= 11 is 0.